The van der Waals surface area contributed by atoms with Crippen LogP contribution in [-0.4, -0.2) is 46.9 Å². The average molecular weight is 495 g/mol. The number of ether oxygens (including phenoxy) is 1. The molecule has 4 atom stereocenters. The number of carbonyl (C=O) groups is 2. The van der Waals surface area contributed by atoms with Crippen molar-refractivity contribution >= 4 is 11.9 Å². The van der Waals surface area contributed by atoms with Gasteiger partial charge in [0, 0.05) is 25.3 Å². The van der Waals surface area contributed by atoms with Gasteiger partial charge < -0.3 is 19.6 Å². The van der Waals surface area contributed by atoms with Crippen LogP contribution in [0, 0.1) is 5.92 Å². The number of fused-ring (bicyclic) bond motifs is 2. The minimum atomic E-state index is -4.19. The third-order valence-electron chi connectivity index (χ3n) is 6.82. The van der Waals surface area contributed by atoms with Crippen molar-refractivity contribution in [3.63, 3.8) is 0 Å². The third kappa shape index (κ3) is 6.42. The van der Waals surface area contributed by atoms with E-state index in [1.54, 1.807) is 0 Å². The molecule has 1 aromatic carbocycles. The Bertz CT molecular complexity index is 1040. The van der Waals surface area contributed by atoms with Crippen LogP contribution in [0.4, 0.5) is 13.2 Å². The summed E-state index contributed by atoms with van der Waals surface area (Å²) in [6.45, 7) is 0.129. The van der Waals surface area contributed by atoms with E-state index in [0.29, 0.717) is 18.7 Å². The molecule has 4 rings (SSSR count). The Morgan fingerprint density at radius 1 is 1.11 bits per heavy atom. The van der Waals surface area contributed by atoms with Gasteiger partial charge in [0.05, 0.1) is 18.1 Å². The van der Waals surface area contributed by atoms with Crippen molar-refractivity contribution in [1.82, 2.24) is 10.3 Å². The molecule has 2 bridgehead atoms. The summed E-state index contributed by atoms with van der Waals surface area (Å²) in [6.07, 6.45) is -0.649. The van der Waals surface area contributed by atoms with Crippen molar-refractivity contribution in [1.29, 1.82) is 0 Å². The minimum absolute atomic E-state index is 0.0374. The number of carboxylic acid groups (broad SMARTS) is 1. The normalized spacial score (nSPS) is 23.5. The maximum atomic E-state index is 12.4. The molecule has 190 valence electrons. The number of unbranched alkanes of at least 4 members (excludes halogenated alkanes) is 1. The van der Waals surface area contributed by atoms with Crippen molar-refractivity contribution in [3.05, 3.63) is 53.2 Å². The lowest BCUT2D eigenvalue weighted by Crippen LogP contribution is -2.28. The monoisotopic (exact) mass is 494 g/mol. The highest BCUT2D eigenvalue weighted by Gasteiger charge is 2.51. The number of carbonyl (C=O) groups excluding carboxylic acids is 1. The number of halogens is 3. The summed E-state index contributed by atoms with van der Waals surface area (Å²) in [6, 6.07) is 7.79. The van der Waals surface area contributed by atoms with E-state index in [2.05, 4.69) is 10.3 Å². The predicted octanol–water partition coefficient (Wildman–Crippen LogP) is 4.66. The lowest BCUT2D eigenvalue weighted by Gasteiger charge is -2.26. The first-order valence-electron chi connectivity index (χ1n) is 12.0. The summed E-state index contributed by atoms with van der Waals surface area (Å²) < 4.78 is 48.6. The van der Waals surface area contributed by atoms with Gasteiger partial charge in [-0.1, -0.05) is 24.3 Å². The van der Waals surface area contributed by atoms with Gasteiger partial charge in [0.25, 0.3) is 5.91 Å². The molecule has 0 aliphatic carbocycles. The second kappa shape index (κ2) is 10.8. The molecule has 35 heavy (non-hydrogen) atoms. The Morgan fingerprint density at radius 3 is 2.60 bits per heavy atom. The van der Waals surface area contributed by atoms with Gasteiger partial charge in [-0.3, -0.25) is 9.59 Å². The van der Waals surface area contributed by atoms with Crippen LogP contribution in [-0.2, 0) is 22.4 Å². The Kier molecular flexibility index (Phi) is 7.78. The fourth-order valence-corrected chi connectivity index (χ4v) is 5.16. The highest BCUT2D eigenvalue weighted by atomic mass is 19.4. The van der Waals surface area contributed by atoms with E-state index in [1.807, 2.05) is 24.3 Å². The highest BCUT2D eigenvalue weighted by molar-refractivity contribution is 5.91. The van der Waals surface area contributed by atoms with Gasteiger partial charge in [0.15, 0.2) is 5.69 Å². The number of aryl methyl sites for hydroxylation is 1. The van der Waals surface area contributed by atoms with Crippen LogP contribution < -0.4 is 5.32 Å². The van der Waals surface area contributed by atoms with Gasteiger partial charge in [0.2, 0.25) is 5.89 Å². The van der Waals surface area contributed by atoms with E-state index in [1.165, 1.54) is 6.26 Å². The Balaban J connectivity index is 1.40. The third-order valence-corrected chi connectivity index (χ3v) is 6.82. The van der Waals surface area contributed by atoms with Gasteiger partial charge in [-0.05, 0) is 49.7 Å². The lowest BCUT2D eigenvalue weighted by molar-refractivity contribution is -0.137. The molecule has 1 aromatic heterocycles. The number of hydrogen-bond donors (Lipinski definition) is 2. The zero-order valence-corrected chi connectivity index (χ0v) is 19.2. The molecule has 10 heteroatoms. The molecule has 2 aromatic rings. The average Bonchev–Trinajstić information content (AvgIpc) is 3.54. The van der Waals surface area contributed by atoms with Crippen LogP contribution >= 0.6 is 0 Å². The zero-order chi connectivity index (χ0) is 25.0. The maximum absolute atomic E-state index is 12.4. The van der Waals surface area contributed by atoms with E-state index < -0.39 is 24.5 Å². The molecule has 0 unspecified atom stereocenters. The van der Waals surface area contributed by atoms with Gasteiger partial charge in [-0.25, -0.2) is 4.98 Å². The summed E-state index contributed by atoms with van der Waals surface area (Å²) in [7, 11) is 0. The van der Waals surface area contributed by atoms with Crippen molar-refractivity contribution in [2.45, 2.75) is 75.7 Å². The number of hydrogen-bond acceptors (Lipinski definition) is 5. The van der Waals surface area contributed by atoms with E-state index >= 15 is 0 Å². The largest absolute Gasteiger partial charge is 0.481 e. The summed E-state index contributed by atoms with van der Waals surface area (Å²) >= 11 is 0. The van der Waals surface area contributed by atoms with Gasteiger partial charge in [0.1, 0.15) is 6.26 Å². The maximum Gasteiger partial charge on any atom is 0.389 e. The number of rotatable bonds is 11. The first kappa shape index (κ1) is 25.2. The lowest BCUT2D eigenvalue weighted by atomic mass is 9.75. The van der Waals surface area contributed by atoms with E-state index in [-0.39, 0.29) is 55.5 Å². The van der Waals surface area contributed by atoms with Crippen LogP contribution in [0.5, 0.6) is 0 Å². The number of alkyl halides is 3. The summed E-state index contributed by atoms with van der Waals surface area (Å²) in [5, 5.41) is 11.7. The highest BCUT2D eigenvalue weighted by Crippen LogP contribution is 2.50. The van der Waals surface area contributed by atoms with Crippen LogP contribution in [0.3, 0.4) is 0 Å². The van der Waals surface area contributed by atoms with Crippen LogP contribution in [0.1, 0.15) is 71.9 Å². The van der Waals surface area contributed by atoms with Crippen molar-refractivity contribution < 1.29 is 37.0 Å². The molecule has 2 fully saturated rings. The molecule has 0 spiro atoms. The van der Waals surface area contributed by atoms with Crippen LogP contribution in [0.25, 0.3) is 0 Å². The first-order chi connectivity index (χ1) is 16.7. The van der Waals surface area contributed by atoms with Crippen molar-refractivity contribution in [2.24, 2.45) is 5.92 Å². The summed E-state index contributed by atoms with van der Waals surface area (Å²) in [5.74, 6) is -0.947. The first-order valence-corrected chi connectivity index (χ1v) is 12.0. The number of nitrogens with one attached hydrogen (secondary N) is 1. The fraction of sp³-hybridized carbons (Fsp3) is 0.560. The molecule has 0 saturated carbocycles. The Labute approximate surface area is 201 Å². The molecule has 2 aliphatic rings. The standard InChI is InChI=1S/C25H29F3N2O5/c26-25(27,28)11-3-4-12-29-23(33)18-14-34-24(30-18)22-17(19-8-9-20(22)35-19)13-16-6-2-1-5-15(16)7-10-21(31)32/h1-2,5-6,14,17,19-20,22H,3-4,7-13H2,(H,29,33)(H,31,32)/t17-,19+,20-,22+/m1/s1. The second-order valence-corrected chi connectivity index (χ2v) is 9.25. The second-order valence-electron chi connectivity index (χ2n) is 9.25. The SMILES string of the molecule is O=C(O)CCc1ccccc1C[C@H]1[C@H](c2nc(C(=O)NCCCCC(F)(F)F)co2)[C@H]2CC[C@@H]1O2. The number of aromatic nitrogens is 1. The summed E-state index contributed by atoms with van der Waals surface area (Å²) in [4.78, 5) is 27.9. The molecular weight excluding hydrogens is 465 g/mol. The number of aliphatic carboxylic acids is 1. The zero-order valence-electron chi connectivity index (χ0n) is 19.2. The molecular formula is C25H29F3N2O5. The number of amides is 1. The predicted molar refractivity (Wildman–Crippen MR) is 119 cm³/mol. The fourth-order valence-electron chi connectivity index (χ4n) is 5.16. The molecule has 1 amide bonds. The summed E-state index contributed by atoms with van der Waals surface area (Å²) in [5.41, 5.74) is 2.16. The molecule has 3 heterocycles. The molecule has 2 aliphatic heterocycles. The smallest absolute Gasteiger partial charge is 0.389 e. The molecule has 2 N–H and O–H groups in total. The number of nitrogens with zero attached hydrogens (tertiary/aromatic N) is 1. The number of benzene rings is 1. The van der Waals surface area contributed by atoms with Crippen LogP contribution in [0.15, 0.2) is 34.9 Å². The Morgan fingerprint density at radius 2 is 1.86 bits per heavy atom. The number of oxazole rings is 1. The number of carboxylic acids is 1. The van der Waals surface area contributed by atoms with Gasteiger partial charge in [-0.15, -0.1) is 0 Å². The van der Waals surface area contributed by atoms with Crippen molar-refractivity contribution in [2.75, 3.05) is 6.54 Å². The van der Waals surface area contributed by atoms with E-state index in [9.17, 15) is 22.8 Å². The van der Waals surface area contributed by atoms with Crippen molar-refractivity contribution in [3.8, 4) is 0 Å². The topological polar surface area (TPSA) is 102 Å². The van der Waals surface area contributed by atoms with Gasteiger partial charge >= 0.3 is 12.1 Å². The Hall–Kier alpha value is -2.88. The quantitative estimate of drug-likeness (QED) is 0.441. The van der Waals surface area contributed by atoms with Gasteiger partial charge in [-0.2, -0.15) is 13.2 Å². The minimum Gasteiger partial charge on any atom is -0.481 e. The van der Waals surface area contributed by atoms with E-state index in [0.717, 1.165) is 24.0 Å². The van der Waals surface area contributed by atoms with Crippen LogP contribution in [0.2, 0.25) is 0 Å². The molecule has 7 nitrogen and oxygen atoms in total. The molecule has 0 radical (unpaired) electrons. The van der Waals surface area contributed by atoms with E-state index in [4.69, 9.17) is 14.3 Å². The molecule has 2 saturated heterocycles.